The number of halogens is 2. The number of nitrogens with two attached hydrogens (primary N) is 1. The van der Waals surface area contributed by atoms with Crippen molar-refractivity contribution in [2.45, 2.75) is 24.2 Å². The first kappa shape index (κ1) is 18.8. The maximum atomic E-state index is 11.5. The van der Waals surface area contributed by atoms with Crippen LogP contribution in [0.15, 0.2) is 33.6 Å². The van der Waals surface area contributed by atoms with E-state index >= 15 is 0 Å². The van der Waals surface area contributed by atoms with E-state index in [1.165, 1.54) is 4.90 Å². The summed E-state index contributed by atoms with van der Waals surface area (Å²) in [5.74, 6) is 0.932. The molecule has 0 heterocycles. The second-order valence-corrected chi connectivity index (χ2v) is 5.98. The molecule has 1 rings (SSSR count). The zero-order chi connectivity index (χ0) is 13.2. The van der Waals surface area contributed by atoms with Crippen molar-refractivity contribution >= 4 is 46.0 Å². The van der Waals surface area contributed by atoms with E-state index in [4.69, 9.17) is 5.73 Å². The monoisotopic (exact) mass is 366 g/mol. The number of thioether (sulfide) groups is 1. The van der Waals surface area contributed by atoms with Crippen LogP contribution in [0.4, 0.5) is 0 Å². The quantitative estimate of drug-likeness (QED) is 0.548. The molecule has 1 aromatic carbocycles. The Kier molecular flexibility index (Phi) is 11.4. The van der Waals surface area contributed by atoms with Crippen LogP contribution in [0.1, 0.15) is 19.3 Å². The molecule has 19 heavy (non-hydrogen) atoms. The van der Waals surface area contributed by atoms with Gasteiger partial charge in [0.05, 0.1) is 0 Å². The topological polar surface area (TPSA) is 55.1 Å². The molecule has 0 atom stereocenters. The number of unbranched alkanes of at least 4 members (excludes halogenated alkanes) is 1. The number of benzene rings is 1. The van der Waals surface area contributed by atoms with Crippen molar-refractivity contribution in [3.63, 3.8) is 0 Å². The lowest BCUT2D eigenvalue weighted by Crippen LogP contribution is -2.25. The SMILES string of the molecule is Cl.NCCCCNC(=O)CCSc1ccc(Br)cc1. The van der Waals surface area contributed by atoms with Gasteiger partial charge in [-0.25, -0.2) is 0 Å². The summed E-state index contributed by atoms with van der Waals surface area (Å²) in [4.78, 5) is 12.7. The van der Waals surface area contributed by atoms with E-state index in [-0.39, 0.29) is 18.3 Å². The average molecular weight is 368 g/mol. The van der Waals surface area contributed by atoms with E-state index in [0.29, 0.717) is 13.0 Å². The molecule has 1 amide bonds. The van der Waals surface area contributed by atoms with Gasteiger partial charge in [0.15, 0.2) is 0 Å². The second-order valence-electron chi connectivity index (χ2n) is 3.90. The molecule has 0 aliphatic carbocycles. The normalized spacial score (nSPS) is 9.79. The highest BCUT2D eigenvalue weighted by Gasteiger charge is 2.01. The molecule has 108 valence electrons. The van der Waals surface area contributed by atoms with E-state index in [1.54, 1.807) is 11.8 Å². The molecule has 0 aromatic heterocycles. The van der Waals surface area contributed by atoms with Gasteiger partial charge in [-0.15, -0.1) is 24.2 Å². The smallest absolute Gasteiger partial charge is 0.220 e. The maximum Gasteiger partial charge on any atom is 0.220 e. The molecule has 0 fully saturated rings. The minimum atomic E-state index is 0. The van der Waals surface area contributed by atoms with Gasteiger partial charge < -0.3 is 11.1 Å². The van der Waals surface area contributed by atoms with Gasteiger partial charge in [0.2, 0.25) is 5.91 Å². The molecule has 0 saturated carbocycles. The first-order valence-electron chi connectivity index (χ1n) is 6.07. The highest BCUT2D eigenvalue weighted by atomic mass is 79.9. The van der Waals surface area contributed by atoms with Crippen LogP contribution in [0.25, 0.3) is 0 Å². The first-order valence-corrected chi connectivity index (χ1v) is 7.85. The Hall–Kier alpha value is -0.230. The van der Waals surface area contributed by atoms with Crippen LogP contribution in [0.5, 0.6) is 0 Å². The largest absolute Gasteiger partial charge is 0.356 e. The molecule has 0 spiro atoms. The van der Waals surface area contributed by atoms with Gasteiger partial charge in [-0.2, -0.15) is 0 Å². The molecule has 0 aliphatic rings. The minimum absolute atomic E-state index is 0. The molecule has 0 radical (unpaired) electrons. The number of amides is 1. The summed E-state index contributed by atoms with van der Waals surface area (Å²) in [6, 6.07) is 8.12. The van der Waals surface area contributed by atoms with Gasteiger partial charge in [-0.3, -0.25) is 4.79 Å². The van der Waals surface area contributed by atoms with Crippen molar-refractivity contribution in [1.82, 2.24) is 5.32 Å². The lowest BCUT2D eigenvalue weighted by Gasteiger charge is -2.04. The molecular weight excluding hydrogens is 348 g/mol. The second kappa shape index (κ2) is 11.6. The Morgan fingerprint density at radius 1 is 1.26 bits per heavy atom. The fourth-order valence-electron chi connectivity index (χ4n) is 1.38. The standard InChI is InChI=1S/C13H19BrN2OS.ClH/c14-11-3-5-12(6-4-11)18-10-7-13(17)16-9-2-1-8-15;/h3-6H,1-2,7-10,15H2,(H,16,17);1H. The molecule has 0 unspecified atom stereocenters. The maximum absolute atomic E-state index is 11.5. The Balaban J connectivity index is 0.00000324. The van der Waals surface area contributed by atoms with E-state index < -0.39 is 0 Å². The van der Waals surface area contributed by atoms with Crippen molar-refractivity contribution in [1.29, 1.82) is 0 Å². The Morgan fingerprint density at radius 3 is 2.58 bits per heavy atom. The number of hydrogen-bond acceptors (Lipinski definition) is 3. The lowest BCUT2D eigenvalue weighted by molar-refractivity contribution is -0.120. The third-order valence-electron chi connectivity index (χ3n) is 2.36. The van der Waals surface area contributed by atoms with Crippen LogP contribution in [0, 0.1) is 0 Å². The molecule has 0 saturated heterocycles. The van der Waals surface area contributed by atoms with Crippen molar-refractivity contribution < 1.29 is 4.79 Å². The predicted molar refractivity (Wildman–Crippen MR) is 88.0 cm³/mol. The van der Waals surface area contributed by atoms with E-state index in [0.717, 1.165) is 29.6 Å². The van der Waals surface area contributed by atoms with E-state index in [1.807, 2.05) is 24.3 Å². The zero-order valence-corrected chi connectivity index (χ0v) is 14.0. The van der Waals surface area contributed by atoms with Crippen LogP contribution in [0.3, 0.4) is 0 Å². The molecule has 1 aromatic rings. The number of carbonyl (C=O) groups excluding carboxylic acids is 1. The molecule has 6 heteroatoms. The van der Waals surface area contributed by atoms with Crippen molar-refractivity contribution in [2.75, 3.05) is 18.8 Å². The van der Waals surface area contributed by atoms with Crippen LogP contribution < -0.4 is 11.1 Å². The molecule has 3 N–H and O–H groups in total. The third kappa shape index (κ3) is 9.32. The summed E-state index contributed by atoms with van der Waals surface area (Å²) in [5, 5.41) is 2.90. The van der Waals surface area contributed by atoms with Crippen molar-refractivity contribution in [3.05, 3.63) is 28.7 Å². The fourth-order valence-corrected chi connectivity index (χ4v) is 2.49. The van der Waals surface area contributed by atoms with Gasteiger partial charge >= 0.3 is 0 Å². The number of hydrogen-bond donors (Lipinski definition) is 2. The highest BCUT2D eigenvalue weighted by Crippen LogP contribution is 2.20. The van der Waals surface area contributed by atoms with E-state index in [2.05, 4.69) is 21.2 Å². The van der Waals surface area contributed by atoms with Crippen LogP contribution in [-0.4, -0.2) is 24.7 Å². The Bertz CT molecular complexity index is 362. The predicted octanol–water partition coefficient (Wildman–Crippen LogP) is 3.21. The van der Waals surface area contributed by atoms with Crippen LogP contribution >= 0.6 is 40.1 Å². The van der Waals surface area contributed by atoms with Gasteiger partial charge in [0.25, 0.3) is 0 Å². The minimum Gasteiger partial charge on any atom is -0.356 e. The molecule has 0 aliphatic heterocycles. The molecular formula is C13H20BrClN2OS. The average Bonchev–Trinajstić information content (AvgIpc) is 2.37. The number of carbonyl (C=O) groups is 1. The lowest BCUT2D eigenvalue weighted by atomic mass is 10.3. The molecule has 3 nitrogen and oxygen atoms in total. The number of nitrogens with one attached hydrogen (secondary N) is 1. The Morgan fingerprint density at radius 2 is 1.95 bits per heavy atom. The molecule has 0 bridgehead atoms. The third-order valence-corrected chi connectivity index (χ3v) is 3.91. The number of rotatable bonds is 8. The van der Waals surface area contributed by atoms with Gasteiger partial charge in [0.1, 0.15) is 0 Å². The van der Waals surface area contributed by atoms with Gasteiger partial charge in [-0.1, -0.05) is 15.9 Å². The first-order chi connectivity index (χ1) is 8.72. The van der Waals surface area contributed by atoms with Gasteiger partial charge in [0, 0.05) is 28.1 Å². The van der Waals surface area contributed by atoms with Crippen LogP contribution in [0.2, 0.25) is 0 Å². The summed E-state index contributed by atoms with van der Waals surface area (Å²) in [6.45, 7) is 1.42. The van der Waals surface area contributed by atoms with Crippen molar-refractivity contribution in [2.24, 2.45) is 5.73 Å². The zero-order valence-electron chi connectivity index (χ0n) is 10.7. The summed E-state index contributed by atoms with van der Waals surface area (Å²) in [6.07, 6.45) is 2.49. The summed E-state index contributed by atoms with van der Waals surface area (Å²) in [5.41, 5.74) is 5.38. The van der Waals surface area contributed by atoms with E-state index in [9.17, 15) is 4.79 Å². The summed E-state index contributed by atoms with van der Waals surface area (Å²) < 4.78 is 1.07. The van der Waals surface area contributed by atoms with Crippen LogP contribution in [-0.2, 0) is 4.79 Å². The van der Waals surface area contributed by atoms with Crippen molar-refractivity contribution in [3.8, 4) is 0 Å². The summed E-state index contributed by atoms with van der Waals surface area (Å²) >= 11 is 5.10. The highest BCUT2D eigenvalue weighted by molar-refractivity contribution is 9.10. The fraction of sp³-hybridized carbons (Fsp3) is 0.462. The Labute approximate surface area is 133 Å². The van der Waals surface area contributed by atoms with Gasteiger partial charge in [-0.05, 0) is 43.7 Å². The summed E-state index contributed by atoms with van der Waals surface area (Å²) in [7, 11) is 0.